The summed E-state index contributed by atoms with van der Waals surface area (Å²) in [6, 6.07) is 20.3. The molecule has 1 aliphatic heterocycles. The molecule has 5 unspecified atom stereocenters. The predicted molar refractivity (Wildman–Crippen MR) is 182 cm³/mol. The number of ether oxygens (including phenoxy) is 3. The predicted octanol–water partition coefficient (Wildman–Crippen LogP) is 5.66. The Morgan fingerprint density at radius 3 is 2.16 bits per heavy atom. The summed E-state index contributed by atoms with van der Waals surface area (Å²) >= 11 is 0. The highest BCUT2D eigenvalue weighted by Crippen LogP contribution is 2.50. The Bertz CT molecular complexity index is 2080. The summed E-state index contributed by atoms with van der Waals surface area (Å²) in [5.74, 6) is -3.88. The molecule has 5 atom stereocenters. The smallest absolute Gasteiger partial charge is 0.351 e. The van der Waals surface area contributed by atoms with E-state index in [1.807, 2.05) is 26.0 Å². The molecule has 2 aromatic heterocycles. The van der Waals surface area contributed by atoms with E-state index in [0.29, 0.717) is 16.7 Å². The normalized spacial score (nSPS) is 21.4. The van der Waals surface area contributed by atoms with Gasteiger partial charge in [-0.15, -0.1) is 0 Å². The van der Waals surface area contributed by atoms with E-state index >= 15 is 0 Å². The maximum Gasteiger partial charge on any atom is 0.351 e. The molecule has 0 spiro atoms. The third-order valence-electron chi connectivity index (χ3n) is 9.23. The van der Waals surface area contributed by atoms with Gasteiger partial charge in [-0.25, -0.2) is 14.4 Å². The van der Waals surface area contributed by atoms with Crippen molar-refractivity contribution in [2.75, 3.05) is 6.61 Å². The van der Waals surface area contributed by atoms with Gasteiger partial charge in [0.2, 0.25) is 0 Å². The van der Waals surface area contributed by atoms with Crippen LogP contribution in [0.3, 0.4) is 0 Å². The first-order chi connectivity index (χ1) is 24.4. The van der Waals surface area contributed by atoms with Gasteiger partial charge in [0.25, 0.3) is 0 Å². The lowest BCUT2D eigenvalue weighted by molar-refractivity contribution is -0.153. The van der Waals surface area contributed by atoms with Gasteiger partial charge in [0.1, 0.15) is 29.8 Å². The van der Waals surface area contributed by atoms with Crippen molar-refractivity contribution in [3.05, 3.63) is 117 Å². The summed E-state index contributed by atoms with van der Waals surface area (Å²) in [6.07, 6.45) is 1.90. The standard InChI is InChI=1S/C37H29N3O9.C2H6/c1-36(45,20-46-33(42)23-9-5-21(17-38)6-10-23)26-14-27-32(41)31-29(16-28(47-35(31)44)25-4-3-13-40-19-25)49-37(27,2)30(15-26)48-34(43)24-11-7-22(18-39)8-12-24;1-2/h3-13,16,19,26-27,30,45H,14-15,20H2,1-2H3;1-2H3. The summed E-state index contributed by atoms with van der Waals surface area (Å²) in [6.45, 7) is 6.59. The van der Waals surface area contributed by atoms with Crippen molar-refractivity contribution in [1.82, 2.24) is 4.98 Å². The molecule has 12 nitrogen and oxygen atoms in total. The monoisotopic (exact) mass is 689 g/mol. The Kier molecular flexibility index (Phi) is 10.5. The minimum absolute atomic E-state index is 0.00402. The third kappa shape index (κ3) is 7.28. The van der Waals surface area contributed by atoms with Crippen LogP contribution in [0.2, 0.25) is 0 Å². The number of ketones is 1. The average Bonchev–Trinajstić information content (AvgIpc) is 3.15. The number of esters is 2. The van der Waals surface area contributed by atoms with Gasteiger partial charge in [-0.1, -0.05) is 13.8 Å². The highest BCUT2D eigenvalue weighted by Gasteiger charge is 2.60. The quantitative estimate of drug-likeness (QED) is 0.235. The van der Waals surface area contributed by atoms with Crippen molar-refractivity contribution in [2.45, 2.75) is 57.8 Å². The number of nitrogens with zero attached hydrogens (tertiary/aromatic N) is 3. The molecule has 0 saturated heterocycles. The maximum absolute atomic E-state index is 14.2. The van der Waals surface area contributed by atoms with Gasteiger partial charge in [-0.3, -0.25) is 9.78 Å². The number of Topliss-reactive ketones (excluding diaryl/α,β-unsaturated/α-hetero) is 1. The van der Waals surface area contributed by atoms with Crippen molar-refractivity contribution in [1.29, 1.82) is 10.5 Å². The molecule has 2 aromatic carbocycles. The second kappa shape index (κ2) is 14.8. The average molecular weight is 690 g/mol. The summed E-state index contributed by atoms with van der Waals surface area (Å²) in [5.41, 5.74) is -2.94. The van der Waals surface area contributed by atoms with Gasteiger partial charge in [-0.2, -0.15) is 10.5 Å². The molecule has 3 heterocycles. The molecule has 4 aromatic rings. The molecule has 0 radical (unpaired) electrons. The second-order valence-electron chi connectivity index (χ2n) is 12.5. The van der Waals surface area contributed by atoms with Gasteiger partial charge in [-0.05, 0) is 93.3 Å². The molecule has 12 heteroatoms. The van der Waals surface area contributed by atoms with Gasteiger partial charge in [0.05, 0.1) is 45.9 Å². The number of carbonyl (C=O) groups is 3. The first-order valence-corrected chi connectivity index (χ1v) is 16.4. The Morgan fingerprint density at radius 2 is 1.59 bits per heavy atom. The van der Waals surface area contributed by atoms with Crippen molar-refractivity contribution < 1.29 is 38.1 Å². The van der Waals surface area contributed by atoms with E-state index in [0.717, 1.165) is 0 Å². The number of benzene rings is 2. The lowest BCUT2D eigenvalue weighted by Crippen LogP contribution is -2.63. The van der Waals surface area contributed by atoms with Crippen molar-refractivity contribution in [2.24, 2.45) is 11.8 Å². The zero-order valence-electron chi connectivity index (χ0n) is 28.4. The number of aliphatic hydroxyl groups is 1. The molecular formula is C39H35N3O9. The van der Waals surface area contributed by atoms with E-state index < -0.39 is 59.1 Å². The highest BCUT2D eigenvalue weighted by molar-refractivity contribution is 6.02. The summed E-state index contributed by atoms with van der Waals surface area (Å²) < 4.78 is 23.4. The SMILES string of the molecule is CC.CC(O)(COC(=O)c1ccc(C#N)cc1)C1CC(OC(=O)c2ccc(C#N)cc2)C2(C)Oc3cc(-c4cccnc4)oc(=O)c3C(=O)C2C1. The van der Waals surface area contributed by atoms with Crippen molar-refractivity contribution >= 4 is 17.7 Å². The molecule has 1 aliphatic carbocycles. The molecule has 0 amide bonds. The van der Waals surface area contributed by atoms with Crippen molar-refractivity contribution in [3.8, 4) is 29.2 Å². The fourth-order valence-corrected chi connectivity index (χ4v) is 6.32. The van der Waals surface area contributed by atoms with Crippen LogP contribution < -0.4 is 10.4 Å². The van der Waals surface area contributed by atoms with E-state index in [4.69, 9.17) is 29.2 Å². The Labute approximate surface area is 293 Å². The number of aromatic nitrogens is 1. The number of hydrogen-bond donors (Lipinski definition) is 1. The van der Waals surface area contributed by atoms with E-state index in [1.54, 1.807) is 25.3 Å². The molecule has 1 fully saturated rings. The van der Waals surface area contributed by atoms with Gasteiger partial charge in [0, 0.05) is 24.0 Å². The molecule has 51 heavy (non-hydrogen) atoms. The van der Waals surface area contributed by atoms with Gasteiger partial charge >= 0.3 is 17.6 Å². The number of carbonyl (C=O) groups excluding carboxylic acids is 3. The molecule has 1 N–H and O–H groups in total. The first kappa shape index (κ1) is 36.2. The van der Waals surface area contributed by atoms with Gasteiger partial charge in [0.15, 0.2) is 11.4 Å². The zero-order valence-corrected chi connectivity index (χ0v) is 28.4. The Morgan fingerprint density at radius 1 is 0.980 bits per heavy atom. The fraction of sp³-hybridized carbons (Fsp3) is 0.308. The lowest BCUT2D eigenvalue weighted by Gasteiger charge is -2.52. The maximum atomic E-state index is 14.2. The highest BCUT2D eigenvalue weighted by atomic mass is 16.6. The molecule has 0 bridgehead atoms. The Balaban J connectivity index is 0.00000248. The molecule has 6 rings (SSSR count). The molecular weight excluding hydrogens is 654 g/mol. The zero-order chi connectivity index (χ0) is 36.9. The number of rotatable bonds is 7. The van der Waals surface area contributed by atoms with E-state index in [2.05, 4.69) is 4.98 Å². The van der Waals surface area contributed by atoms with E-state index in [1.165, 1.54) is 67.7 Å². The minimum Gasteiger partial charge on any atom is -0.482 e. The topological polar surface area (TPSA) is 190 Å². The van der Waals surface area contributed by atoms with Crippen molar-refractivity contribution in [3.63, 3.8) is 0 Å². The molecule has 2 aliphatic rings. The van der Waals surface area contributed by atoms with Crippen LogP contribution in [0.4, 0.5) is 0 Å². The Hall–Kier alpha value is -6.11. The molecule has 260 valence electrons. The lowest BCUT2D eigenvalue weighted by atomic mass is 9.62. The van der Waals surface area contributed by atoms with Crippen LogP contribution >= 0.6 is 0 Å². The van der Waals surface area contributed by atoms with Crippen LogP contribution in [-0.4, -0.2) is 51.7 Å². The first-order valence-electron chi connectivity index (χ1n) is 16.4. The van der Waals surface area contributed by atoms with E-state index in [9.17, 15) is 24.3 Å². The molecule has 1 saturated carbocycles. The largest absolute Gasteiger partial charge is 0.482 e. The minimum atomic E-state index is -1.72. The van der Waals surface area contributed by atoms with Crippen LogP contribution in [0.1, 0.15) is 82.7 Å². The number of hydrogen-bond acceptors (Lipinski definition) is 12. The van der Waals surface area contributed by atoms with Crippen LogP contribution in [-0.2, 0) is 9.47 Å². The number of nitriles is 2. The number of fused-ring (bicyclic) bond motifs is 2. The van der Waals surface area contributed by atoms with Crippen LogP contribution in [0.15, 0.2) is 88.3 Å². The third-order valence-corrected chi connectivity index (χ3v) is 9.23. The summed E-state index contributed by atoms with van der Waals surface area (Å²) in [5, 5.41) is 29.9. The van der Waals surface area contributed by atoms with Crippen LogP contribution in [0.5, 0.6) is 5.75 Å². The van der Waals surface area contributed by atoms with Crippen LogP contribution in [0.25, 0.3) is 11.3 Å². The van der Waals surface area contributed by atoms with E-state index in [-0.39, 0.29) is 41.0 Å². The summed E-state index contributed by atoms with van der Waals surface area (Å²) in [7, 11) is 0. The van der Waals surface area contributed by atoms with Crippen LogP contribution in [0, 0.1) is 34.5 Å². The fourth-order valence-electron chi connectivity index (χ4n) is 6.32. The number of pyridine rings is 1. The second-order valence-corrected chi connectivity index (χ2v) is 12.5. The van der Waals surface area contributed by atoms with Gasteiger partial charge < -0.3 is 23.7 Å². The summed E-state index contributed by atoms with van der Waals surface area (Å²) in [4.78, 5) is 57.7.